The predicted octanol–water partition coefficient (Wildman–Crippen LogP) is 4.23. The van der Waals surface area contributed by atoms with E-state index in [1.165, 1.54) is 16.7 Å². The summed E-state index contributed by atoms with van der Waals surface area (Å²) in [4.78, 5) is 11.5. The number of nitrogens with zero attached hydrogens (tertiary/aromatic N) is 3. The molecule has 2 aromatic carbocycles. The fraction of sp³-hybridized carbons (Fsp3) is 0.304. The van der Waals surface area contributed by atoms with Gasteiger partial charge in [-0.05, 0) is 48.2 Å². The van der Waals surface area contributed by atoms with Gasteiger partial charge in [0.2, 0.25) is 5.95 Å². The Morgan fingerprint density at radius 1 is 1.00 bits per heavy atom. The van der Waals surface area contributed by atoms with E-state index < -0.39 is 0 Å². The van der Waals surface area contributed by atoms with Crippen molar-refractivity contribution in [2.75, 3.05) is 31.0 Å². The van der Waals surface area contributed by atoms with Crippen molar-refractivity contribution in [2.45, 2.75) is 25.9 Å². The first-order valence-electron chi connectivity index (χ1n) is 9.81. The number of aromatic nitrogens is 2. The van der Waals surface area contributed by atoms with Gasteiger partial charge >= 0.3 is 0 Å². The second-order valence-electron chi connectivity index (χ2n) is 7.17. The van der Waals surface area contributed by atoms with Crippen molar-refractivity contribution >= 4 is 11.8 Å². The zero-order valence-corrected chi connectivity index (χ0v) is 17.1. The molecule has 0 radical (unpaired) electrons. The van der Waals surface area contributed by atoms with Crippen molar-refractivity contribution in [1.82, 2.24) is 9.97 Å². The summed E-state index contributed by atoms with van der Waals surface area (Å²) in [6.45, 7) is 3.74. The van der Waals surface area contributed by atoms with E-state index in [4.69, 9.17) is 14.5 Å². The highest BCUT2D eigenvalue weighted by Gasteiger charge is 2.21. The highest BCUT2D eigenvalue weighted by atomic mass is 16.5. The van der Waals surface area contributed by atoms with E-state index >= 15 is 0 Å². The minimum absolute atomic E-state index is 0.165. The third-order valence-electron chi connectivity index (χ3n) is 5.31. The average molecular weight is 390 g/mol. The topological polar surface area (TPSA) is 59.5 Å². The number of anilines is 2. The highest BCUT2D eigenvalue weighted by molar-refractivity contribution is 5.51. The quantitative estimate of drug-likeness (QED) is 0.680. The number of hydrogen-bond donors (Lipinski definition) is 1. The minimum Gasteiger partial charge on any atom is -0.493 e. The first-order valence-corrected chi connectivity index (χ1v) is 9.81. The molecule has 0 fully saturated rings. The summed E-state index contributed by atoms with van der Waals surface area (Å²) in [7, 11) is 3.33. The van der Waals surface area contributed by atoms with Crippen LogP contribution in [0.15, 0.2) is 54.7 Å². The summed E-state index contributed by atoms with van der Waals surface area (Å²) in [6, 6.07) is 16.6. The average Bonchev–Trinajstić information content (AvgIpc) is 2.78. The zero-order chi connectivity index (χ0) is 20.2. The lowest BCUT2D eigenvalue weighted by molar-refractivity contribution is 0.353. The summed E-state index contributed by atoms with van der Waals surface area (Å²) in [6.07, 6.45) is 2.73. The third-order valence-corrected chi connectivity index (χ3v) is 5.31. The summed E-state index contributed by atoms with van der Waals surface area (Å²) in [5.74, 6) is 3.08. The Morgan fingerprint density at radius 3 is 2.45 bits per heavy atom. The van der Waals surface area contributed by atoms with E-state index in [1.54, 1.807) is 14.2 Å². The molecular formula is C23H26N4O2. The van der Waals surface area contributed by atoms with Crippen molar-refractivity contribution in [3.05, 3.63) is 71.4 Å². The van der Waals surface area contributed by atoms with Crippen LogP contribution < -0.4 is 19.7 Å². The zero-order valence-electron chi connectivity index (χ0n) is 17.1. The van der Waals surface area contributed by atoms with Crippen LogP contribution in [0.3, 0.4) is 0 Å². The van der Waals surface area contributed by atoms with Crippen LogP contribution in [0.25, 0.3) is 0 Å². The second kappa shape index (κ2) is 8.39. The van der Waals surface area contributed by atoms with Gasteiger partial charge in [0, 0.05) is 25.3 Å². The standard InChI is InChI=1S/C23H26N4O2/c1-16(17-7-5-4-6-8-17)25-22-9-11-24-23(26-22)27-12-10-18-13-20(28-2)21(29-3)14-19(18)15-27/h4-9,11,13-14,16H,10,12,15H2,1-3H3,(H,24,25,26). The van der Waals surface area contributed by atoms with Gasteiger partial charge in [0.25, 0.3) is 0 Å². The van der Waals surface area contributed by atoms with Crippen LogP contribution in [0.5, 0.6) is 11.5 Å². The lowest BCUT2D eigenvalue weighted by atomic mass is 9.99. The van der Waals surface area contributed by atoms with Crippen molar-refractivity contribution in [3.8, 4) is 11.5 Å². The van der Waals surface area contributed by atoms with Crippen LogP contribution in [0.2, 0.25) is 0 Å². The van der Waals surface area contributed by atoms with Gasteiger partial charge in [-0.3, -0.25) is 0 Å². The number of fused-ring (bicyclic) bond motifs is 1. The van der Waals surface area contributed by atoms with Gasteiger partial charge in [0.1, 0.15) is 5.82 Å². The molecule has 1 unspecified atom stereocenters. The molecule has 1 N–H and O–H groups in total. The maximum absolute atomic E-state index is 5.46. The summed E-state index contributed by atoms with van der Waals surface area (Å²) < 4.78 is 10.9. The summed E-state index contributed by atoms with van der Waals surface area (Å²) in [5.41, 5.74) is 3.72. The molecule has 1 atom stereocenters. The molecule has 0 amide bonds. The molecule has 1 aromatic heterocycles. The Kier molecular flexibility index (Phi) is 5.51. The molecule has 29 heavy (non-hydrogen) atoms. The van der Waals surface area contributed by atoms with E-state index in [2.05, 4.69) is 46.4 Å². The first-order chi connectivity index (χ1) is 14.2. The largest absolute Gasteiger partial charge is 0.493 e. The number of ether oxygens (including phenoxy) is 2. The highest BCUT2D eigenvalue weighted by Crippen LogP contribution is 2.34. The molecule has 0 bridgehead atoms. The molecule has 4 rings (SSSR count). The lowest BCUT2D eigenvalue weighted by Crippen LogP contribution is -2.32. The van der Waals surface area contributed by atoms with Crippen molar-refractivity contribution in [2.24, 2.45) is 0 Å². The second-order valence-corrected chi connectivity index (χ2v) is 7.17. The van der Waals surface area contributed by atoms with Crippen LogP contribution in [-0.2, 0) is 13.0 Å². The molecule has 0 aliphatic carbocycles. The molecule has 0 saturated heterocycles. The molecule has 6 nitrogen and oxygen atoms in total. The third kappa shape index (κ3) is 4.11. The van der Waals surface area contributed by atoms with E-state index in [0.29, 0.717) is 0 Å². The van der Waals surface area contributed by atoms with E-state index in [0.717, 1.165) is 42.8 Å². The monoisotopic (exact) mass is 390 g/mol. The Bertz CT molecular complexity index is 978. The maximum Gasteiger partial charge on any atom is 0.227 e. The van der Waals surface area contributed by atoms with E-state index in [-0.39, 0.29) is 6.04 Å². The van der Waals surface area contributed by atoms with Crippen molar-refractivity contribution in [3.63, 3.8) is 0 Å². The van der Waals surface area contributed by atoms with Gasteiger partial charge in [-0.15, -0.1) is 0 Å². The Balaban J connectivity index is 1.52. The van der Waals surface area contributed by atoms with Gasteiger partial charge in [-0.1, -0.05) is 30.3 Å². The smallest absolute Gasteiger partial charge is 0.227 e. The Morgan fingerprint density at radius 2 is 1.72 bits per heavy atom. The minimum atomic E-state index is 0.165. The first kappa shape index (κ1) is 19.1. The van der Waals surface area contributed by atoms with Crippen molar-refractivity contribution < 1.29 is 9.47 Å². The normalized spacial score (nSPS) is 14.1. The Hall–Kier alpha value is -3.28. The molecule has 0 spiro atoms. The molecular weight excluding hydrogens is 364 g/mol. The molecule has 6 heteroatoms. The van der Waals surface area contributed by atoms with Gasteiger partial charge in [-0.2, -0.15) is 4.98 Å². The van der Waals surface area contributed by atoms with Crippen LogP contribution in [0.1, 0.15) is 29.7 Å². The van der Waals surface area contributed by atoms with Crippen LogP contribution in [0, 0.1) is 0 Å². The van der Waals surface area contributed by atoms with E-state index in [9.17, 15) is 0 Å². The van der Waals surface area contributed by atoms with Crippen molar-refractivity contribution in [1.29, 1.82) is 0 Å². The van der Waals surface area contributed by atoms with Crippen LogP contribution in [-0.4, -0.2) is 30.7 Å². The van der Waals surface area contributed by atoms with Gasteiger partial charge < -0.3 is 19.7 Å². The molecule has 2 heterocycles. The molecule has 0 saturated carbocycles. The fourth-order valence-electron chi connectivity index (χ4n) is 3.68. The lowest BCUT2D eigenvalue weighted by Gasteiger charge is -2.30. The number of hydrogen-bond acceptors (Lipinski definition) is 6. The van der Waals surface area contributed by atoms with Crippen LogP contribution in [0.4, 0.5) is 11.8 Å². The van der Waals surface area contributed by atoms with E-state index in [1.807, 2.05) is 30.5 Å². The molecule has 1 aliphatic rings. The predicted molar refractivity (Wildman–Crippen MR) is 115 cm³/mol. The maximum atomic E-state index is 5.46. The fourth-order valence-corrected chi connectivity index (χ4v) is 3.68. The summed E-state index contributed by atoms with van der Waals surface area (Å²) in [5, 5.41) is 3.48. The number of nitrogens with one attached hydrogen (secondary N) is 1. The van der Waals surface area contributed by atoms with Crippen LogP contribution >= 0.6 is 0 Å². The van der Waals surface area contributed by atoms with Gasteiger partial charge in [0.05, 0.1) is 14.2 Å². The van der Waals surface area contributed by atoms with Gasteiger partial charge in [-0.25, -0.2) is 4.98 Å². The number of benzene rings is 2. The Labute approximate surface area is 171 Å². The SMILES string of the molecule is COc1cc2c(cc1OC)CN(c1nccc(NC(C)c3ccccc3)n1)CC2. The molecule has 3 aromatic rings. The molecule has 1 aliphatic heterocycles. The van der Waals surface area contributed by atoms with Gasteiger partial charge in [0.15, 0.2) is 11.5 Å². The number of rotatable bonds is 6. The summed E-state index contributed by atoms with van der Waals surface area (Å²) >= 11 is 0. The molecule has 150 valence electrons. The number of methoxy groups -OCH3 is 2.